The normalized spacial score (nSPS) is 14.4. The van der Waals surface area contributed by atoms with Gasteiger partial charge < -0.3 is 0 Å². The third kappa shape index (κ3) is 3.68. The van der Waals surface area contributed by atoms with Crippen molar-refractivity contribution in [3.05, 3.63) is 38.3 Å². The minimum Gasteiger partial charge on any atom is -0.258 e. The number of nitro benzene ring substituents is 1. The third-order valence-electron chi connectivity index (χ3n) is 2.91. The summed E-state index contributed by atoms with van der Waals surface area (Å²) in [7, 11) is 0. The van der Waals surface area contributed by atoms with Gasteiger partial charge in [-0.25, -0.2) is 0 Å². The van der Waals surface area contributed by atoms with E-state index < -0.39 is 0 Å². The highest BCUT2D eigenvalue weighted by molar-refractivity contribution is 9.10. The summed E-state index contributed by atoms with van der Waals surface area (Å²) in [6, 6.07) is 5.11. The van der Waals surface area contributed by atoms with Crippen LogP contribution in [0.25, 0.3) is 0 Å². The Hall–Kier alpha value is -0.610. The molecule has 0 aromatic heterocycles. The number of hydrogen-bond acceptors (Lipinski definition) is 2. The maximum absolute atomic E-state index is 10.8. The highest BCUT2D eigenvalue weighted by Gasteiger charge is 2.19. The topological polar surface area (TPSA) is 43.1 Å². The fourth-order valence-electron chi connectivity index (χ4n) is 1.78. The summed E-state index contributed by atoms with van der Waals surface area (Å²) in [6.07, 6.45) is 1.71. The van der Waals surface area contributed by atoms with Crippen molar-refractivity contribution in [3.8, 4) is 0 Å². The van der Waals surface area contributed by atoms with Crippen LogP contribution in [0.3, 0.4) is 0 Å². The molecule has 3 nitrogen and oxygen atoms in total. The molecular weight excluding hydrogens is 305 g/mol. The highest BCUT2D eigenvalue weighted by Crippen LogP contribution is 2.31. The summed E-state index contributed by atoms with van der Waals surface area (Å²) in [4.78, 5) is 10.4. The number of rotatable bonds is 5. The van der Waals surface area contributed by atoms with E-state index in [1.807, 2.05) is 13.0 Å². The zero-order valence-electron chi connectivity index (χ0n) is 9.82. The van der Waals surface area contributed by atoms with Gasteiger partial charge in [0.1, 0.15) is 0 Å². The zero-order chi connectivity index (χ0) is 13.0. The van der Waals surface area contributed by atoms with E-state index in [0.717, 1.165) is 18.4 Å². The Morgan fingerprint density at radius 2 is 2.18 bits per heavy atom. The molecule has 0 saturated heterocycles. The Labute approximate surface area is 114 Å². The predicted molar refractivity (Wildman–Crippen MR) is 73.6 cm³/mol. The second-order valence-corrected chi connectivity index (χ2v) is 5.54. The first-order valence-corrected chi connectivity index (χ1v) is 6.76. The van der Waals surface area contributed by atoms with Crippen LogP contribution in [0.5, 0.6) is 0 Å². The average Bonchev–Trinajstić information content (AvgIpc) is 2.26. The van der Waals surface area contributed by atoms with Gasteiger partial charge in [-0.05, 0) is 40.8 Å². The first-order chi connectivity index (χ1) is 7.97. The molecule has 2 unspecified atom stereocenters. The number of nitrogens with zero attached hydrogens (tertiary/aromatic N) is 1. The van der Waals surface area contributed by atoms with Crippen LogP contribution in [0.4, 0.5) is 5.69 Å². The van der Waals surface area contributed by atoms with E-state index in [2.05, 4.69) is 22.9 Å². The van der Waals surface area contributed by atoms with Crippen molar-refractivity contribution in [3.63, 3.8) is 0 Å². The molecule has 17 heavy (non-hydrogen) atoms. The number of hydrogen-bond donors (Lipinski definition) is 0. The maximum Gasteiger partial charge on any atom is 0.283 e. The van der Waals surface area contributed by atoms with Crippen molar-refractivity contribution >= 4 is 33.2 Å². The second-order valence-electron chi connectivity index (χ2n) is 4.06. The van der Waals surface area contributed by atoms with E-state index in [1.165, 1.54) is 6.07 Å². The van der Waals surface area contributed by atoms with Gasteiger partial charge in [-0.2, -0.15) is 0 Å². The SMILES string of the molecule is CCC(Cc1cccc([N+](=O)[O-])c1Br)C(C)Cl. The molecule has 0 N–H and O–H groups in total. The van der Waals surface area contributed by atoms with E-state index in [-0.39, 0.29) is 16.0 Å². The van der Waals surface area contributed by atoms with Gasteiger partial charge in [-0.1, -0.05) is 25.5 Å². The van der Waals surface area contributed by atoms with Gasteiger partial charge in [0.15, 0.2) is 0 Å². The van der Waals surface area contributed by atoms with E-state index in [0.29, 0.717) is 10.4 Å². The molecular formula is C12H15BrClNO2. The molecule has 0 aliphatic rings. The van der Waals surface area contributed by atoms with Crippen LogP contribution in [-0.2, 0) is 6.42 Å². The molecule has 5 heteroatoms. The quantitative estimate of drug-likeness (QED) is 0.453. The molecule has 0 bridgehead atoms. The molecule has 0 saturated carbocycles. The minimum atomic E-state index is -0.376. The Morgan fingerprint density at radius 1 is 1.53 bits per heavy atom. The van der Waals surface area contributed by atoms with Crippen LogP contribution in [-0.4, -0.2) is 10.3 Å². The smallest absolute Gasteiger partial charge is 0.258 e. The third-order valence-corrected chi connectivity index (χ3v) is 4.18. The first-order valence-electron chi connectivity index (χ1n) is 5.53. The van der Waals surface area contributed by atoms with Gasteiger partial charge in [0.25, 0.3) is 5.69 Å². The molecule has 2 atom stereocenters. The van der Waals surface area contributed by atoms with Crippen molar-refractivity contribution in [2.24, 2.45) is 5.92 Å². The van der Waals surface area contributed by atoms with Crippen LogP contribution in [0.1, 0.15) is 25.8 Å². The number of alkyl halides is 1. The van der Waals surface area contributed by atoms with Crippen molar-refractivity contribution in [1.29, 1.82) is 0 Å². The van der Waals surface area contributed by atoms with Crippen LogP contribution in [0.15, 0.2) is 22.7 Å². The molecule has 0 heterocycles. The molecule has 0 aliphatic carbocycles. The lowest BCUT2D eigenvalue weighted by atomic mass is 9.94. The lowest BCUT2D eigenvalue weighted by molar-refractivity contribution is -0.385. The molecule has 0 aliphatic heterocycles. The molecule has 94 valence electrons. The Balaban J connectivity index is 2.99. The predicted octanol–water partition coefficient (Wildman–Crippen LogP) is 4.55. The Morgan fingerprint density at radius 3 is 2.65 bits per heavy atom. The molecule has 1 aromatic carbocycles. The summed E-state index contributed by atoms with van der Waals surface area (Å²) in [5.74, 6) is 0.329. The second kappa shape index (κ2) is 6.36. The maximum atomic E-state index is 10.8. The van der Waals surface area contributed by atoms with Crippen molar-refractivity contribution in [1.82, 2.24) is 0 Å². The van der Waals surface area contributed by atoms with Crippen LogP contribution in [0.2, 0.25) is 0 Å². The largest absolute Gasteiger partial charge is 0.283 e. The van der Waals surface area contributed by atoms with Crippen molar-refractivity contribution in [2.75, 3.05) is 0 Å². The lowest BCUT2D eigenvalue weighted by Crippen LogP contribution is -2.14. The summed E-state index contributed by atoms with van der Waals surface area (Å²) in [5, 5.41) is 10.9. The molecule has 0 spiro atoms. The summed E-state index contributed by atoms with van der Waals surface area (Å²) >= 11 is 9.40. The lowest BCUT2D eigenvalue weighted by Gasteiger charge is -2.17. The van der Waals surface area contributed by atoms with E-state index in [4.69, 9.17) is 11.6 Å². The van der Waals surface area contributed by atoms with Gasteiger partial charge in [0.05, 0.1) is 9.40 Å². The fraction of sp³-hybridized carbons (Fsp3) is 0.500. The zero-order valence-corrected chi connectivity index (χ0v) is 12.2. The van der Waals surface area contributed by atoms with E-state index >= 15 is 0 Å². The summed E-state index contributed by atoms with van der Waals surface area (Å²) in [6.45, 7) is 4.04. The van der Waals surface area contributed by atoms with Gasteiger partial charge in [-0.3, -0.25) is 10.1 Å². The number of benzene rings is 1. The molecule has 1 aromatic rings. The van der Waals surface area contributed by atoms with Gasteiger partial charge in [-0.15, -0.1) is 11.6 Å². The highest BCUT2D eigenvalue weighted by atomic mass is 79.9. The fourth-order valence-corrected chi connectivity index (χ4v) is 2.62. The molecule has 0 radical (unpaired) electrons. The molecule has 0 fully saturated rings. The molecule has 1 rings (SSSR count). The number of halogens is 2. The Bertz CT molecular complexity index is 409. The minimum absolute atomic E-state index is 0.0613. The van der Waals surface area contributed by atoms with Crippen LogP contribution >= 0.6 is 27.5 Å². The van der Waals surface area contributed by atoms with Gasteiger partial charge in [0.2, 0.25) is 0 Å². The summed E-state index contributed by atoms with van der Waals surface area (Å²) < 4.78 is 0.570. The monoisotopic (exact) mass is 319 g/mol. The van der Waals surface area contributed by atoms with Gasteiger partial charge in [0, 0.05) is 11.4 Å². The van der Waals surface area contributed by atoms with Crippen molar-refractivity contribution in [2.45, 2.75) is 32.1 Å². The van der Waals surface area contributed by atoms with E-state index in [1.54, 1.807) is 6.07 Å². The van der Waals surface area contributed by atoms with Crippen LogP contribution < -0.4 is 0 Å². The van der Waals surface area contributed by atoms with Gasteiger partial charge >= 0.3 is 0 Å². The summed E-state index contributed by atoms with van der Waals surface area (Å²) in [5.41, 5.74) is 1.05. The van der Waals surface area contributed by atoms with Crippen molar-refractivity contribution < 1.29 is 4.92 Å². The Kier molecular flexibility index (Phi) is 5.40. The average molecular weight is 321 g/mol. The number of nitro groups is 1. The molecule has 0 amide bonds. The van der Waals surface area contributed by atoms with E-state index in [9.17, 15) is 10.1 Å². The first kappa shape index (κ1) is 14.5. The standard InChI is InChI=1S/C12H15BrClNO2/c1-3-9(8(2)14)7-10-5-4-6-11(12(10)13)15(16)17/h4-6,8-9H,3,7H2,1-2H3. The van der Waals surface area contributed by atoms with Crippen LogP contribution in [0, 0.1) is 16.0 Å².